The third kappa shape index (κ3) is 5.20. The van der Waals surface area contributed by atoms with Gasteiger partial charge in [0.1, 0.15) is 0 Å². The van der Waals surface area contributed by atoms with Gasteiger partial charge in [-0.2, -0.15) is 8.42 Å². The highest BCUT2D eigenvalue weighted by Gasteiger charge is 2.05. The fourth-order valence-electron chi connectivity index (χ4n) is 1.92. The fraction of sp³-hybridized carbons (Fsp3) is 0. The van der Waals surface area contributed by atoms with Crippen molar-refractivity contribution in [2.45, 2.75) is 4.90 Å². The third-order valence-electron chi connectivity index (χ3n) is 3.11. The smallest absolute Gasteiger partial charge is 0.282 e. The number of hydrogen-bond donors (Lipinski definition) is 2. The number of anilines is 2. The molecule has 0 atom stereocenters. The molecule has 3 aromatic rings. The highest BCUT2D eigenvalue weighted by Crippen LogP contribution is 2.20. The summed E-state index contributed by atoms with van der Waals surface area (Å²) < 4.78 is 29.2. The van der Waals surface area contributed by atoms with Crippen LogP contribution in [0.25, 0.3) is 0 Å². The van der Waals surface area contributed by atoms with Crippen LogP contribution in [-0.2, 0) is 10.1 Å². The van der Waals surface area contributed by atoms with E-state index in [1.165, 1.54) is 12.1 Å². The predicted octanol–water partition coefficient (Wildman–Crippen LogP) is 3.63. The lowest BCUT2D eigenvalue weighted by molar-refractivity contribution is 0.483. The third-order valence-corrected chi connectivity index (χ3v) is 3.98. The molecular weight excluding hydrogens is 324 g/mol. The average molecular weight is 342 g/mol. The Balaban J connectivity index is 0.000000185. The lowest BCUT2D eigenvalue weighted by atomic mass is 10.2. The molecule has 124 valence electrons. The van der Waals surface area contributed by atoms with Gasteiger partial charge in [0, 0.05) is 0 Å². The van der Waals surface area contributed by atoms with E-state index in [0.717, 1.165) is 11.4 Å². The van der Waals surface area contributed by atoms with Gasteiger partial charge in [0.05, 0.1) is 16.3 Å². The SMILES string of the molecule is NN(c1ccccc1)c1ccccc1.O=S(=O)(O)c1ccccc1. The van der Waals surface area contributed by atoms with Gasteiger partial charge in [-0.05, 0) is 36.4 Å². The van der Waals surface area contributed by atoms with Crippen molar-refractivity contribution >= 4 is 21.5 Å². The normalized spacial score (nSPS) is 10.4. The van der Waals surface area contributed by atoms with Crippen molar-refractivity contribution in [3.63, 3.8) is 0 Å². The number of hydrogen-bond acceptors (Lipinski definition) is 4. The van der Waals surface area contributed by atoms with Gasteiger partial charge < -0.3 is 0 Å². The van der Waals surface area contributed by atoms with Crippen molar-refractivity contribution in [2.24, 2.45) is 5.84 Å². The maximum Gasteiger partial charge on any atom is 0.294 e. The largest absolute Gasteiger partial charge is 0.294 e. The van der Waals surface area contributed by atoms with Crippen LogP contribution in [0, 0.1) is 0 Å². The molecule has 0 aromatic heterocycles. The van der Waals surface area contributed by atoms with Crippen molar-refractivity contribution < 1.29 is 13.0 Å². The van der Waals surface area contributed by atoms with Crippen molar-refractivity contribution in [1.82, 2.24) is 0 Å². The first-order valence-corrected chi connectivity index (χ1v) is 8.60. The molecule has 0 aliphatic heterocycles. The van der Waals surface area contributed by atoms with E-state index in [1.54, 1.807) is 23.2 Å². The number of nitrogens with two attached hydrogens (primary N) is 1. The lowest BCUT2D eigenvalue weighted by Crippen LogP contribution is -2.24. The Hall–Kier alpha value is -2.67. The second-order valence-corrected chi connectivity index (χ2v) is 6.25. The van der Waals surface area contributed by atoms with Gasteiger partial charge in [0.2, 0.25) is 0 Å². The van der Waals surface area contributed by atoms with E-state index in [4.69, 9.17) is 10.4 Å². The first-order valence-electron chi connectivity index (χ1n) is 7.16. The van der Waals surface area contributed by atoms with Gasteiger partial charge in [-0.25, -0.2) is 5.84 Å². The Morgan fingerprint density at radius 3 is 1.29 bits per heavy atom. The molecule has 0 spiro atoms. The molecule has 0 aliphatic carbocycles. The van der Waals surface area contributed by atoms with E-state index >= 15 is 0 Å². The predicted molar refractivity (Wildman–Crippen MR) is 95.5 cm³/mol. The first kappa shape index (κ1) is 17.7. The molecule has 3 aromatic carbocycles. The molecule has 0 fully saturated rings. The maximum absolute atomic E-state index is 10.4. The molecule has 6 heteroatoms. The number of benzene rings is 3. The van der Waals surface area contributed by atoms with Gasteiger partial charge >= 0.3 is 0 Å². The van der Waals surface area contributed by atoms with Gasteiger partial charge in [-0.3, -0.25) is 9.56 Å². The van der Waals surface area contributed by atoms with E-state index in [0.29, 0.717) is 0 Å². The van der Waals surface area contributed by atoms with Crippen LogP contribution in [0.3, 0.4) is 0 Å². The molecule has 0 saturated carbocycles. The first-order chi connectivity index (χ1) is 11.5. The van der Waals surface area contributed by atoms with E-state index in [9.17, 15) is 8.42 Å². The van der Waals surface area contributed by atoms with Gasteiger partial charge in [0.15, 0.2) is 0 Å². The molecule has 0 radical (unpaired) electrons. The Morgan fingerprint density at radius 2 is 1.00 bits per heavy atom. The van der Waals surface area contributed by atoms with E-state index in [2.05, 4.69) is 0 Å². The van der Waals surface area contributed by atoms with Gasteiger partial charge in [-0.1, -0.05) is 54.6 Å². The van der Waals surface area contributed by atoms with E-state index < -0.39 is 10.1 Å². The summed E-state index contributed by atoms with van der Waals surface area (Å²) in [5.41, 5.74) is 1.97. The lowest BCUT2D eigenvalue weighted by Gasteiger charge is -2.18. The molecule has 24 heavy (non-hydrogen) atoms. The summed E-state index contributed by atoms with van der Waals surface area (Å²) in [6.07, 6.45) is 0. The Labute approximate surface area is 141 Å². The van der Waals surface area contributed by atoms with E-state index in [1.807, 2.05) is 60.7 Å². The molecule has 0 saturated heterocycles. The van der Waals surface area contributed by atoms with Crippen LogP contribution < -0.4 is 10.9 Å². The molecule has 0 unspecified atom stereocenters. The van der Waals surface area contributed by atoms with Crippen molar-refractivity contribution in [3.8, 4) is 0 Å². The number of rotatable bonds is 3. The summed E-state index contributed by atoms with van der Waals surface area (Å²) >= 11 is 0. The van der Waals surface area contributed by atoms with Gasteiger partial charge in [-0.15, -0.1) is 0 Å². The topological polar surface area (TPSA) is 83.6 Å². The zero-order chi connectivity index (χ0) is 17.4. The Morgan fingerprint density at radius 1 is 0.667 bits per heavy atom. The quantitative estimate of drug-likeness (QED) is 0.431. The Kier molecular flexibility index (Phi) is 6.08. The summed E-state index contributed by atoms with van der Waals surface area (Å²) in [6, 6.07) is 27.2. The summed E-state index contributed by atoms with van der Waals surface area (Å²) in [5.74, 6) is 5.95. The monoisotopic (exact) mass is 342 g/mol. The molecule has 3 rings (SSSR count). The highest BCUT2D eigenvalue weighted by molar-refractivity contribution is 7.85. The van der Waals surface area contributed by atoms with Gasteiger partial charge in [0.25, 0.3) is 10.1 Å². The van der Waals surface area contributed by atoms with Crippen LogP contribution in [0.2, 0.25) is 0 Å². The number of hydrazine groups is 1. The van der Waals surface area contributed by atoms with Crippen LogP contribution in [0.1, 0.15) is 0 Å². The molecule has 0 amide bonds. The standard InChI is InChI=1S/C12H12N2.C6H6O3S/c13-14(11-7-3-1-4-8-11)12-9-5-2-6-10-12;7-10(8,9)6-4-2-1-3-5-6/h1-10H,13H2;1-5H,(H,7,8,9). The Bertz CT molecular complexity index is 800. The average Bonchev–Trinajstić information content (AvgIpc) is 2.63. The van der Waals surface area contributed by atoms with Crippen molar-refractivity contribution in [3.05, 3.63) is 91.0 Å². The second kappa shape index (κ2) is 8.26. The minimum Gasteiger partial charge on any atom is -0.282 e. The van der Waals surface area contributed by atoms with Crippen LogP contribution >= 0.6 is 0 Å². The summed E-state index contributed by atoms with van der Waals surface area (Å²) in [5, 5.41) is 1.67. The summed E-state index contributed by atoms with van der Waals surface area (Å²) in [7, 11) is -4.00. The highest BCUT2D eigenvalue weighted by atomic mass is 32.2. The summed E-state index contributed by atoms with van der Waals surface area (Å²) in [6.45, 7) is 0. The fourth-order valence-corrected chi connectivity index (χ4v) is 2.42. The van der Waals surface area contributed by atoms with Crippen LogP contribution in [0.15, 0.2) is 95.9 Å². The number of para-hydroxylation sites is 2. The second-order valence-electron chi connectivity index (χ2n) is 4.83. The van der Waals surface area contributed by atoms with Crippen LogP contribution in [0.4, 0.5) is 11.4 Å². The van der Waals surface area contributed by atoms with Crippen molar-refractivity contribution in [1.29, 1.82) is 0 Å². The van der Waals surface area contributed by atoms with Crippen LogP contribution in [0.5, 0.6) is 0 Å². The minimum atomic E-state index is -4.00. The van der Waals surface area contributed by atoms with E-state index in [-0.39, 0.29) is 4.90 Å². The molecular formula is C18H18N2O3S. The molecule has 5 nitrogen and oxygen atoms in total. The van der Waals surface area contributed by atoms with Crippen molar-refractivity contribution in [2.75, 3.05) is 5.01 Å². The molecule has 0 aliphatic rings. The molecule has 0 heterocycles. The molecule has 0 bridgehead atoms. The number of nitrogens with zero attached hydrogens (tertiary/aromatic N) is 1. The zero-order valence-corrected chi connectivity index (χ0v) is 13.7. The van der Waals surface area contributed by atoms with Crippen LogP contribution in [-0.4, -0.2) is 13.0 Å². The molecule has 3 N–H and O–H groups in total. The zero-order valence-electron chi connectivity index (χ0n) is 12.9. The minimum absolute atomic E-state index is 0.0741. The maximum atomic E-state index is 10.4. The summed E-state index contributed by atoms with van der Waals surface area (Å²) in [4.78, 5) is -0.0741.